The molecule has 3 aromatic rings. The van der Waals surface area contributed by atoms with E-state index in [1.807, 2.05) is 31.2 Å². The molecular weight excluding hydrogens is 370 g/mol. The highest BCUT2D eigenvalue weighted by molar-refractivity contribution is 6.04. The summed E-state index contributed by atoms with van der Waals surface area (Å²) in [5.74, 6) is -0.784. The van der Waals surface area contributed by atoms with Crippen molar-refractivity contribution in [3.05, 3.63) is 93.9 Å². The van der Waals surface area contributed by atoms with Crippen molar-refractivity contribution in [3.8, 4) is 0 Å². The monoisotopic (exact) mass is 391 g/mol. The largest absolute Gasteiger partial charge is 0.406 e. The van der Waals surface area contributed by atoms with Crippen molar-refractivity contribution in [2.75, 3.05) is 10.6 Å². The lowest BCUT2D eigenvalue weighted by Gasteiger charge is -2.11. The van der Waals surface area contributed by atoms with Gasteiger partial charge in [-0.15, -0.1) is 0 Å². The molecule has 2 amide bonds. The van der Waals surface area contributed by atoms with Crippen LogP contribution in [0, 0.1) is 6.92 Å². The van der Waals surface area contributed by atoms with Gasteiger partial charge in [0.15, 0.2) is 0 Å². The SMILES string of the molecule is CC(=O)Nc1cccc(NC(=O)c2cccn(OCc3cccc(C)c3)c2=O)c1. The molecule has 1 heterocycles. The zero-order valence-electron chi connectivity index (χ0n) is 16.1. The number of amides is 2. The maximum absolute atomic E-state index is 12.6. The van der Waals surface area contributed by atoms with E-state index in [2.05, 4.69) is 10.6 Å². The molecule has 0 unspecified atom stereocenters. The summed E-state index contributed by atoms with van der Waals surface area (Å²) in [6.45, 7) is 3.57. The second-order valence-electron chi connectivity index (χ2n) is 6.53. The van der Waals surface area contributed by atoms with Crippen LogP contribution in [0.15, 0.2) is 71.7 Å². The minimum atomic E-state index is -0.566. The number of rotatable bonds is 6. The minimum absolute atomic E-state index is 0.0540. The number of nitrogens with one attached hydrogen (secondary N) is 2. The van der Waals surface area contributed by atoms with E-state index in [0.29, 0.717) is 11.4 Å². The summed E-state index contributed by atoms with van der Waals surface area (Å²) in [6.07, 6.45) is 1.46. The van der Waals surface area contributed by atoms with Crippen LogP contribution in [0.4, 0.5) is 11.4 Å². The third kappa shape index (κ3) is 5.32. The minimum Gasteiger partial charge on any atom is -0.406 e. The number of nitrogens with zero attached hydrogens (tertiary/aromatic N) is 1. The molecule has 2 N–H and O–H groups in total. The smallest absolute Gasteiger partial charge is 0.295 e. The van der Waals surface area contributed by atoms with Crippen molar-refractivity contribution >= 4 is 23.2 Å². The molecule has 0 saturated carbocycles. The summed E-state index contributed by atoms with van der Waals surface area (Å²) in [4.78, 5) is 41.9. The van der Waals surface area contributed by atoms with Crippen molar-refractivity contribution in [1.82, 2.24) is 4.73 Å². The Morgan fingerprint density at radius 1 is 0.966 bits per heavy atom. The zero-order valence-corrected chi connectivity index (χ0v) is 16.1. The van der Waals surface area contributed by atoms with Crippen molar-refractivity contribution < 1.29 is 14.4 Å². The van der Waals surface area contributed by atoms with E-state index in [0.717, 1.165) is 15.9 Å². The van der Waals surface area contributed by atoms with E-state index in [1.54, 1.807) is 30.3 Å². The molecule has 1 aromatic heterocycles. The van der Waals surface area contributed by atoms with Gasteiger partial charge in [-0.3, -0.25) is 14.4 Å². The van der Waals surface area contributed by atoms with E-state index in [9.17, 15) is 14.4 Å². The fourth-order valence-electron chi connectivity index (χ4n) is 2.77. The lowest BCUT2D eigenvalue weighted by atomic mass is 10.1. The lowest BCUT2D eigenvalue weighted by Crippen LogP contribution is -2.32. The van der Waals surface area contributed by atoms with E-state index in [4.69, 9.17) is 4.84 Å². The summed E-state index contributed by atoms with van der Waals surface area (Å²) in [6, 6.07) is 17.4. The fraction of sp³-hybridized carbons (Fsp3) is 0.136. The summed E-state index contributed by atoms with van der Waals surface area (Å²) >= 11 is 0. The predicted octanol–water partition coefficient (Wildman–Crippen LogP) is 3.00. The molecule has 7 heteroatoms. The molecule has 0 saturated heterocycles. The van der Waals surface area contributed by atoms with Crippen LogP contribution < -0.4 is 21.0 Å². The Morgan fingerprint density at radius 3 is 2.41 bits per heavy atom. The van der Waals surface area contributed by atoms with E-state index in [-0.39, 0.29) is 18.1 Å². The van der Waals surface area contributed by atoms with Gasteiger partial charge >= 0.3 is 0 Å². The van der Waals surface area contributed by atoms with Crippen molar-refractivity contribution in [2.45, 2.75) is 20.5 Å². The van der Waals surface area contributed by atoms with Crippen molar-refractivity contribution in [1.29, 1.82) is 0 Å². The second-order valence-corrected chi connectivity index (χ2v) is 6.53. The number of anilines is 2. The molecule has 2 aromatic carbocycles. The van der Waals surface area contributed by atoms with Gasteiger partial charge in [0.2, 0.25) is 5.91 Å². The summed E-state index contributed by atoms with van der Waals surface area (Å²) in [5, 5.41) is 5.30. The van der Waals surface area contributed by atoms with E-state index >= 15 is 0 Å². The molecule has 0 fully saturated rings. The van der Waals surface area contributed by atoms with Crippen LogP contribution in [0.1, 0.15) is 28.4 Å². The van der Waals surface area contributed by atoms with Crippen LogP contribution in [0.5, 0.6) is 0 Å². The number of hydrogen-bond acceptors (Lipinski definition) is 4. The number of aromatic nitrogens is 1. The topological polar surface area (TPSA) is 89.4 Å². The van der Waals surface area contributed by atoms with Crippen molar-refractivity contribution in [2.24, 2.45) is 0 Å². The number of carbonyl (C=O) groups is 2. The van der Waals surface area contributed by atoms with E-state index < -0.39 is 11.5 Å². The molecule has 0 radical (unpaired) electrons. The van der Waals surface area contributed by atoms with Crippen LogP contribution in [-0.4, -0.2) is 16.5 Å². The summed E-state index contributed by atoms with van der Waals surface area (Å²) < 4.78 is 1.05. The van der Waals surface area contributed by atoms with Gasteiger partial charge in [-0.05, 0) is 42.8 Å². The first-order chi connectivity index (χ1) is 13.9. The van der Waals surface area contributed by atoms with Gasteiger partial charge in [-0.1, -0.05) is 35.9 Å². The van der Waals surface area contributed by atoms with Crippen LogP contribution in [0.2, 0.25) is 0 Å². The number of aryl methyl sites for hydroxylation is 1. The van der Waals surface area contributed by atoms with Gasteiger partial charge in [0.1, 0.15) is 12.2 Å². The molecule has 0 bridgehead atoms. The molecule has 3 rings (SSSR count). The number of hydrogen-bond donors (Lipinski definition) is 2. The van der Waals surface area contributed by atoms with Crippen LogP contribution >= 0.6 is 0 Å². The third-order valence-corrected chi connectivity index (χ3v) is 4.05. The molecule has 29 heavy (non-hydrogen) atoms. The average molecular weight is 391 g/mol. The Morgan fingerprint density at radius 2 is 1.69 bits per heavy atom. The Bertz CT molecular complexity index is 1100. The summed E-state index contributed by atoms with van der Waals surface area (Å²) in [5.41, 5.74) is 2.39. The Kier molecular flexibility index (Phi) is 6.09. The molecule has 148 valence electrons. The molecule has 7 nitrogen and oxygen atoms in total. The normalized spacial score (nSPS) is 10.3. The predicted molar refractivity (Wildman–Crippen MR) is 111 cm³/mol. The molecule has 0 aliphatic carbocycles. The van der Waals surface area contributed by atoms with Gasteiger partial charge < -0.3 is 15.5 Å². The first-order valence-electron chi connectivity index (χ1n) is 9.02. The number of benzene rings is 2. The Labute approximate surface area is 167 Å². The Balaban J connectivity index is 1.74. The second kappa shape index (κ2) is 8.88. The fourth-order valence-corrected chi connectivity index (χ4v) is 2.77. The molecular formula is C22H21N3O4. The molecule has 0 atom stereocenters. The van der Waals surface area contributed by atoms with Gasteiger partial charge in [-0.25, -0.2) is 0 Å². The highest BCUT2D eigenvalue weighted by Gasteiger charge is 2.13. The third-order valence-electron chi connectivity index (χ3n) is 4.05. The Hall–Kier alpha value is -3.87. The molecule has 0 aliphatic rings. The molecule has 0 aliphatic heterocycles. The first-order valence-corrected chi connectivity index (χ1v) is 9.02. The number of carbonyl (C=O) groups excluding carboxylic acids is 2. The maximum atomic E-state index is 12.6. The highest BCUT2D eigenvalue weighted by atomic mass is 16.7. The quantitative estimate of drug-likeness (QED) is 0.676. The van der Waals surface area contributed by atoms with Gasteiger partial charge in [0, 0.05) is 24.5 Å². The van der Waals surface area contributed by atoms with Gasteiger partial charge in [0.25, 0.3) is 11.5 Å². The van der Waals surface area contributed by atoms with Crippen LogP contribution in [0.25, 0.3) is 0 Å². The van der Waals surface area contributed by atoms with E-state index in [1.165, 1.54) is 19.2 Å². The zero-order chi connectivity index (χ0) is 20.8. The summed E-state index contributed by atoms with van der Waals surface area (Å²) in [7, 11) is 0. The van der Waals surface area contributed by atoms with Crippen molar-refractivity contribution in [3.63, 3.8) is 0 Å². The van der Waals surface area contributed by atoms with Crippen LogP contribution in [0.3, 0.4) is 0 Å². The maximum Gasteiger partial charge on any atom is 0.295 e. The van der Waals surface area contributed by atoms with Crippen LogP contribution in [-0.2, 0) is 11.4 Å². The average Bonchev–Trinajstić information content (AvgIpc) is 2.67. The lowest BCUT2D eigenvalue weighted by molar-refractivity contribution is -0.114. The highest BCUT2D eigenvalue weighted by Crippen LogP contribution is 2.15. The first kappa shape index (κ1) is 19.9. The van der Waals surface area contributed by atoms with Gasteiger partial charge in [-0.2, -0.15) is 4.73 Å². The number of pyridine rings is 1. The standard InChI is InChI=1S/C22H21N3O4/c1-15-6-3-7-17(12-15)14-29-25-11-5-10-20(22(25)28)21(27)24-19-9-4-8-18(13-19)23-16(2)26/h3-13H,14H2,1-2H3,(H,23,26)(H,24,27). The van der Waals surface area contributed by atoms with Gasteiger partial charge in [0.05, 0.1) is 0 Å². The molecule has 0 spiro atoms.